The van der Waals surface area contributed by atoms with Gasteiger partial charge in [0, 0.05) is 5.57 Å². The van der Waals surface area contributed by atoms with Crippen molar-refractivity contribution < 1.29 is 18.0 Å². The van der Waals surface area contributed by atoms with Gasteiger partial charge >= 0.3 is 6.18 Å². The van der Waals surface area contributed by atoms with Crippen molar-refractivity contribution in [3.8, 4) is 0 Å². The monoisotopic (exact) mass is 220 g/mol. The number of rotatable bonds is 3. The van der Waals surface area contributed by atoms with Crippen molar-refractivity contribution >= 4 is 5.78 Å². The van der Waals surface area contributed by atoms with E-state index >= 15 is 0 Å². The van der Waals surface area contributed by atoms with Crippen LogP contribution in [0.25, 0.3) is 0 Å². The van der Waals surface area contributed by atoms with Crippen molar-refractivity contribution in [2.75, 3.05) is 0 Å². The Balaban J connectivity index is 2.82. The maximum atomic E-state index is 12.3. The van der Waals surface area contributed by atoms with Crippen LogP contribution in [0.3, 0.4) is 0 Å². The summed E-state index contributed by atoms with van der Waals surface area (Å²) in [5.41, 5.74) is -0.0168. The van der Waals surface area contributed by atoms with Crippen molar-refractivity contribution in [2.24, 2.45) is 11.8 Å². The molecule has 0 radical (unpaired) electrons. The second kappa shape index (κ2) is 4.37. The van der Waals surface area contributed by atoms with Gasteiger partial charge < -0.3 is 0 Å². The average Bonchev–Trinajstić information content (AvgIpc) is 2.44. The van der Waals surface area contributed by atoms with Gasteiger partial charge in [0.05, 0.1) is 0 Å². The van der Waals surface area contributed by atoms with Crippen LogP contribution in [-0.4, -0.2) is 12.0 Å². The van der Waals surface area contributed by atoms with Gasteiger partial charge in [-0.1, -0.05) is 26.3 Å². The number of carbonyl (C=O) groups excluding carboxylic acids is 1. The highest BCUT2D eigenvalue weighted by atomic mass is 19.4. The molecule has 1 rings (SSSR count). The zero-order valence-corrected chi connectivity index (χ0v) is 8.90. The normalized spacial score (nSPS) is 26.6. The fraction of sp³-hybridized carbons (Fsp3) is 0.727. The molecule has 86 valence electrons. The average molecular weight is 220 g/mol. The van der Waals surface area contributed by atoms with E-state index in [1.807, 2.05) is 13.8 Å². The summed E-state index contributed by atoms with van der Waals surface area (Å²) in [6, 6.07) is 0. The third kappa shape index (κ3) is 2.83. The Kier molecular flexibility index (Phi) is 3.58. The first-order valence-electron chi connectivity index (χ1n) is 5.19. The Morgan fingerprint density at radius 2 is 2.13 bits per heavy atom. The van der Waals surface area contributed by atoms with Crippen LogP contribution in [-0.2, 0) is 4.79 Å². The molecule has 15 heavy (non-hydrogen) atoms. The van der Waals surface area contributed by atoms with Crippen LogP contribution in [0.4, 0.5) is 13.2 Å². The van der Waals surface area contributed by atoms with Gasteiger partial charge in [0.2, 0.25) is 0 Å². The van der Waals surface area contributed by atoms with Crippen LogP contribution in [0.5, 0.6) is 0 Å². The molecule has 0 N–H and O–H groups in total. The first-order valence-corrected chi connectivity index (χ1v) is 5.19. The Labute approximate surface area is 87.4 Å². The predicted molar refractivity (Wildman–Crippen MR) is 51.3 cm³/mol. The quantitative estimate of drug-likeness (QED) is 0.711. The van der Waals surface area contributed by atoms with Crippen LogP contribution in [0.15, 0.2) is 11.6 Å². The van der Waals surface area contributed by atoms with E-state index in [0.717, 1.165) is 6.42 Å². The summed E-state index contributed by atoms with van der Waals surface area (Å²) in [6.45, 7) is 3.76. The summed E-state index contributed by atoms with van der Waals surface area (Å²) in [6.07, 6.45) is -1.10. The lowest BCUT2D eigenvalue weighted by Gasteiger charge is -2.14. The van der Waals surface area contributed by atoms with Gasteiger partial charge in [-0.25, -0.2) is 0 Å². The van der Waals surface area contributed by atoms with E-state index in [2.05, 4.69) is 0 Å². The number of hydrogen-bond acceptors (Lipinski definition) is 1. The highest BCUT2D eigenvalue weighted by Crippen LogP contribution is 2.37. The molecular weight excluding hydrogens is 205 g/mol. The number of alkyl halides is 3. The minimum absolute atomic E-state index is 0.0168. The minimum Gasteiger partial charge on any atom is -0.284 e. The van der Waals surface area contributed by atoms with Gasteiger partial charge in [0.25, 0.3) is 5.78 Å². The Morgan fingerprint density at radius 1 is 1.53 bits per heavy atom. The minimum atomic E-state index is -4.72. The van der Waals surface area contributed by atoms with Gasteiger partial charge in [-0.15, -0.1) is 0 Å². The van der Waals surface area contributed by atoms with Gasteiger partial charge in [0.1, 0.15) is 0 Å². The second-order valence-electron chi connectivity index (χ2n) is 4.15. The van der Waals surface area contributed by atoms with E-state index in [-0.39, 0.29) is 17.4 Å². The van der Waals surface area contributed by atoms with Crippen molar-refractivity contribution in [1.29, 1.82) is 0 Å². The zero-order chi connectivity index (χ0) is 11.6. The van der Waals surface area contributed by atoms with E-state index in [0.29, 0.717) is 12.8 Å². The smallest absolute Gasteiger partial charge is 0.284 e. The topological polar surface area (TPSA) is 17.1 Å². The lowest BCUT2D eigenvalue weighted by atomic mass is 9.92. The largest absolute Gasteiger partial charge is 0.454 e. The summed E-state index contributed by atoms with van der Waals surface area (Å²) in [7, 11) is 0. The molecule has 0 aromatic heterocycles. The maximum absolute atomic E-state index is 12.3. The maximum Gasteiger partial charge on any atom is 0.454 e. The molecule has 4 heteroatoms. The molecule has 1 nitrogen and oxygen atoms in total. The number of halogens is 3. The number of Topliss-reactive ketones (excluding diaryl/α,β-unsaturated/α-hetero) is 1. The van der Waals surface area contributed by atoms with E-state index in [1.165, 1.54) is 6.08 Å². The predicted octanol–water partition coefficient (Wildman–Crippen LogP) is 3.50. The molecule has 0 bridgehead atoms. The highest BCUT2D eigenvalue weighted by molar-refractivity contribution is 6.00. The molecule has 1 aliphatic carbocycles. The zero-order valence-electron chi connectivity index (χ0n) is 8.90. The van der Waals surface area contributed by atoms with Crippen LogP contribution >= 0.6 is 0 Å². The first-order chi connectivity index (χ1) is 6.86. The Morgan fingerprint density at radius 3 is 2.60 bits per heavy atom. The molecule has 2 unspecified atom stereocenters. The van der Waals surface area contributed by atoms with E-state index in [1.54, 1.807) is 0 Å². The van der Waals surface area contributed by atoms with Crippen LogP contribution in [0, 0.1) is 11.8 Å². The third-order valence-corrected chi connectivity index (χ3v) is 2.72. The number of ketones is 1. The van der Waals surface area contributed by atoms with E-state index in [9.17, 15) is 18.0 Å². The van der Waals surface area contributed by atoms with Crippen molar-refractivity contribution in [2.45, 2.75) is 39.3 Å². The molecular formula is C11H15F3O. The molecule has 0 aromatic carbocycles. The number of hydrogen-bond donors (Lipinski definition) is 0. The van der Waals surface area contributed by atoms with Crippen LogP contribution < -0.4 is 0 Å². The standard InChI is InChI=1S/C11H15F3O/c1-3-4-8-5-7(2)6-9(8)10(15)11(12,13)14/h6-8H,3-5H2,1-2H3. The molecule has 0 aliphatic heterocycles. The first kappa shape index (κ1) is 12.3. The SMILES string of the molecule is CCCC1CC(C)C=C1C(=O)C(F)(F)F. The lowest BCUT2D eigenvalue weighted by Crippen LogP contribution is -2.26. The van der Waals surface area contributed by atoms with E-state index in [4.69, 9.17) is 0 Å². The molecule has 0 heterocycles. The molecule has 0 fully saturated rings. The summed E-state index contributed by atoms with van der Waals surface area (Å²) in [5, 5.41) is 0. The molecule has 0 amide bonds. The Hall–Kier alpha value is -0.800. The van der Waals surface area contributed by atoms with Crippen LogP contribution in [0.1, 0.15) is 33.1 Å². The van der Waals surface area contributed by atoms with Gasteiger partial charge in [-0.3, -0.25) is 4.79 Å². The summed E-state index contributed by atoms with van der Waals surface area (Å²) < 4.78 is 36.8. The summed E-state index contributed by atoms with van der Waals surface area (Å²) in [5.74, 6) is -1.76. The van der Waals surface area contributed by atoms with Gasteiger partial charge in [0.15, 0.2) is 0 Å². The summed E-state index contributed by atoms with van der Waals surface area (Å²) in [4.78, 5) is 11.1. The highest BCUT2D eigenvalue weighted by Gasteiger charge is 2.44. The van der Waals surface area contributed by atoms with Crippen molar-refractivity contribution in [3.05, 3.63) is 11.6 Å². The number of carbonyl (C=O) groups is 1. The fourth-order valence-electron chi connectivity index (χ4n) is 2.13. The molecule has 1 aliphatic rings. The Bertz CT molecular complexity index is 278. The molecule has 0 aromatic rings. The molecule has 0 saturated heterocycles. The van der Waals surface area contributed by atoms with Crippen molar-refractivity contribution in [1.82, 2.24) is 0 Å². The summed E-state index contributed by atoms with van der Waals surface area (Å²) >= 11 is 0. The second-order valence-corrected chi connectivity index (χ2v) is 4.15. The molecule has 2 atom stereocenters. The lowest BCUT2D eigenvalue weighted by molar-refractivity contribution is -0.167. The fourth-order valence-corrected chi connectivity index (χ4v) is 2.13. The molecule has 0 saturated carbocycles. The third-order valence-electron chi connectivity index (χ3n) is 2.72. The van der Waals surface area contributed by atoms with Gasteiger partial charge in [-0.2, -0.15) is 13.2 Å². The van der Waals surface area contributed by atoms with E-state index < -0.39 is 12.0 Å². The number of allylic oxidation sites excluding steroid dienone is 2. The van der Waals surface area contributed by atoms with Crippen molar-refractivity contribution in [3.63, 3.8) is 0 Å². The van der Waals surface area contributed by atoms with Crippen LogP contribution in [0.2, 0.25) is 0 Å². The molecule has 0 spiro atoms. The van der Waals surface area contributed by atoms with Gasteiger partial charge in [-0.05, 0) is 24.7 Å².